The van der Waals surface area contributed by atoms with Crippen molar-refractivity contribution < 1.29 is 5.11 Å². The van der Waals surface area contributed by atoms with Crippen LogP contribution >= 0.6 is 15.9 Å². The minimum absolute atomic E-state index is 0.140. The summed E-state index contributed by atoms with van der Waals surface area (Å²) < 4.78 is 1.13. The van der Waals surface area contributed by atoms with Crippen molar-refractivity contribution in [3.05, 3.63) is 70.7 Å². The van der Waals surface area contributed by atoms with Gasteiger partial charge >= 0.3 is 0 Å². The summed E-state index contributed by atoms with van der Waals surface area (Å²) in [5, 5.41) is 8.54. The average Bonchev–Trinajstić information content (AvgIpc) is 2.32. The Balaban J connectivity index is 0.000000151. The van der Waals surface area contributed by atoms with Gasteiger partial charge in [0.05, 0.1) is 6.61 Å². The van der Waals surface area contributed by atoms with Crippen molar-refractivity contribution in [1.82, 2.24) is 0 Å². The molecule has 0 aliphatic heterocycles. The van der Waals surface area contributed by atoms with E-state index in [0.29, 0.717) is 0 Å². The molecule has 0 unspecified atom stereocenters. The molecule has 0 radical (unpaired) electrons. The van der Waals surface area contributed by atoms with Gasteiger partial charge in [0.15, 0.2) is 0 Å². The van der Waals surface area contributed by atoms with Crippen molar-refractivity contribution >= 4 is 15.9 Å². The maximum absolute atomic E-state index is 8.54. The monoisotopic (exact) mass is 264 g/mol. The number of hydrogen-bond donors (Lipinski definition) is 1. The lowest BCUT2D eigenvalue weighted by Crippen LogP contribution is -1.77. The molecular formula is C13H13BrO. The Kier molecular flexibility index (Phi) is 5.74. The molecule has 0 saturated heterocycles. The summed E-state index contributed by atoms with van der Waals surface area (Å²) in [7, 11) is 0. The molecular weight excluding hydrogens is 252 g/mol. The average molecular weight is 265 g/mol. The van der Waals surface area contributed by atoms with Crippen molar-refractivity contribution in [2.45, 2.75) is 6.61 Å². The minimum Gasteiger partial charge on any atom is -0.392 e. The highest BCUT2D eigenvalue weighted by atomic mass is 79.9. The maximum Gasteiger partial charge on any atom is 0.0681 e. The summed E-state index contributed by atoms with van der Waals surface area (Å²) in [6.45, 7) is 0.140. The Hall–Kier alpha value is -1.12. The van der Waals surface area contributed by atoms with E-state index in [2.05, 4.69) is 15.9 Å². The summed E-state index contributed by atoms with van der Waals surface area (Å²) in [6, 6.07) is 19.5. The van der Waals surface area contributed by atoms with Crippen LogP contribution in [0.2, 0.25) is 0 Å². The van der Waals surface area contributed by atoms with Gasteiger partial charge in [-0.05, 0) is 17.7 Å². The van der Waals surface area contributed by atoms with Gasteiger partial charge in [-0.3, -0.25) is 0 Å². The van der Waals surface area contributed by atoms with Gasteiger partial charge in [0.25, 0.3) is 0 Å². The van der Waals surface area contributed by atoms with E-state index in [1.54, 1.807) is 0 Å². The fourth-order valence-electron chi connectivity index (χ4n) is 0.998. The first-order valence-corrected chi connectivity index (χ1v) is 5.47. The number of aliphatic hydroxyl groups is 1. The lowest BCUT2D eigenvalue weighted by molar-refractivity contribution is 0.282. The van der Waals surface area contributed by atoms with Crippen molar-refractivity contribution in [3.8, 4) is 0 Å². The third-order valence-electron chi connectivity index (χ3n) is 1.76. The van der Waals surface area contributed by atoms with Crippen molar-refractivity contribution in [2.75, 3.05) is 0 Å². The molecule has 15 heavy (non-hydrogen) atoms. The minimum atomic E-state index is 0.140. The smallest absolute Gasteiger partial charge is 0.0681 e. The molecule has 2 heteroatoms. The van der Waals surface area contributed by atoms with Gasteiger partial charge in [0, 0.05) is 4.47 Å². The number of aliphatic hydroxyl groups excluding tert-OH is 1. The second kappa shape index (κ2) is 7.21. The molecule has 0 bridgehead atoms. The highest BCUT2D eigenvalue weighted by Gasteiger charge is 1.81. The first kappa shape index (κ1) is 12.0. The fraction of sp³-hybridized carbons (Fsp3) is 0.0769. The molecule has 0 heterocycles. The normalized spacial score (nSPS) is 8.93. The molecule has 0 amide bonds. The summed E-state index contributed by atoms with van der Waals surface area (Å²) >= 11 is 3.31. The molecule has 0 atom stereocenters. The molecule has 0 spiro atoms. The van der Waals surface area contributed by atoms with E-state index in [0.717, 1.165) is 10.0 Å². The fourth-order valence-corrected chi connectivity index (χ4v) is 1.30. The number of rotatable bonds is 1. The molecule has 0 fully saturated rings. The van der Waals surface area contributed by atoms with Crippen LogP contribution in [0, 0.1) is 0 Å². The van der Waals surface area contributed by atoms with Crippen LogP contribution in [-0.4, -0.2) is 5.11 Å². The van der Waals surface area contributed by atoms with Gasteiger partial charge in [-0.1, -0.05) is 64.5 Å². The van der Waals surface area contributed by atoms with Crippen LogP contribution in [0.25, 0.3) is 0 Å². The van der Waals surface area contributed by atoms with Gasteiger partial charge < -0.3 is 5.11 Å². The van der Waals surface area contributed by atoms with E-state index in [4.69, 9.17) is 5.11 Å². The Morgan fingerprint density at radius 2 is 1.27 bits per heavy atom. The number of benzene rings is 2. The molecule has 0 saturated carbocycles. The second-order valence-electron chi connectivity index (χ2n) is 2.94. The van der Waals surface area contributed by atoms with Gasteiger partial charge in [-0.15, -0.1) is 0 Å². The summed E-state index contributed by atoms with van der Waals surface area (Å²) in [6.07, 6.45) is 0. The first-order chi connectivity index (χ1) is 7.33. The van der Waals surface area contributed by atoms with E-state index in [1.807, 2.05) is 60.7 Å². The van der Waals surface area contributed by atoms with Crippen LogP contribution in [0.15, 0.2) is 65.1 Å². The molecule has 78 valence electrons. The largest absolute Gasteiger partial charge is 0.392 e. The van der Waals surface area contributed by atoms with E-state index in [-0.39, 0.29) is 6.61 Å². The van der Waals surface area contributed by atoms with Gasteiger partial charge in [0.2, 0.25) is 0 Å². The van der Waals surface area contributed by atoms with Crippen LogP contribution < -0.4 is 0 Å². The number of halogens is 1. The van der Waals surface area contributed by atoms with Crippen LogP contribution in [0.4, 0.5) is 0 Å². The predicted octanol–water partition coefficient (Wildman–Crippen LogP) is 3.63. The van der Waals surface area contributed by atoms with Gasteiger partial charge in [-0.25, -0.2) is 0 Å². The Morgan fingerprint density at radius 1 is 0.800 bits per heavy atom. The topological polar surface area (TPSA) is 20.2 Å². The SMILES string of the molecule is Brc1ccccc1.OCc1ccccc1. The Morgan fingerprint density at radius 3 is 1.53 bits per heavy atom. The zero-order chi connectivity index (χ0) is 10.9. The Labute approximate surface area is 98.5 Å². The molecule has 0 aliphatic carbocycles. The summed E-state index contributed by atoms with van der Waals surface area (Å²) in [4.78, 5) is 0. The molecule has 2 aromatic carbocycles. The molecule has 1 N–H and O–H groups in total. The van der Waals surface area contributed by atoms with Crippen LogP contribution in [0.3, 0.4) is 0 Å². The molecule has 2 aromatic rings. The Bertz CT molecular complexity index is 359. The third-order valence-corrected chi connectivity index (χ3v) is 2.29. The third kappa shape index (κ3) is 5.35. The van der Waals surface area contributed by atoms with E-state index < -0.39 is 0 Å². The van der Waals surface area contributed by atoms with Crippen LogP contribution in [0.5, 0.6) is 0 Å². The highest BCUT2D eigenvalue weighted by molar-refractivity contribution is 9.10. The van der Waals surface area contributed by atoms with Crippen molar-refractivity contribution in [2.24, 2.45) is 0 Å². The van der Waals surface area contributed by atoms with Crippen molar-refractivity contribution in [1.29, 1.82) is 0 Å². The van der Waals surface area contributed by atoms with E-state index in [1.165, 1.54) is 0 Å². The lowest BCUT2D eigenvalue weighted by atomic mass is 10.2. The molecule has 0 aliphatic rings. The molecule has 1 nitrogen and oxygen atoms in total. The predicted molar refractivity (Wildman–Crippen MR) is 66.5 cm³/mol. The first-order valence-electron chi connectivity index (χ1n) is 4.68. The highest BCUT2D eigenvalue weighted by Crippen LogP contribution is 2.05. The second-order valence-corrected chi connectivity index (χ2v) is 3.85. The number of hydrogen-bond acceptors (Lipinski definition) is 1. The van der Waals surface area contributed by atoms with Crippen molar-refractivity contribution in [3.63, 3.8) is 0 Å². The van der Waals surface area contributed by atoms with E-state index >= 15 is 0 Å². The molecule has 2 rings (SSSR count). The maximum atomic E-state index is 8.54. The zero-order valence-electron chi connectivity index (χ0n) is 8.31. The lowest BCUT2D eigenvalue weighted by Gasteiger charge is -1.89. The van der Waals surface area contributed by atoms with Crippen LogP contribution in [-0.2, 0) is 6.61 Å². The van der Waals surface area contributed by atoms with Gasteiger partial charge in [-0.2, -0.15) is 0 Å². The standard InChI is InChI=1S/C7H8O.C6H5Br/c8-6-7-4-2-1-3-5-7;7-6-4-2-1-3-5-6/h1-5,8H,6H2;1-5H. The van der Waals surface area contributed by atoms with Gasteiger partial charge in [0.1, 0.15) is 0 Å². The zero-order valence-corrected chi connectivity index (χ0v) is 9.89. The van der Waals surface area contributed by atoms with E-state index in [9.17, 15) is 0 Å². The summed E-state index contributed by atoms with van der Waals surface area (Å²) in [5.41, 5.74) is 0.965. The van der Waals surface area contributed by atoms with Crippen LogP contribution in [0.1, 0.15) is 5.56 Å². The molecule has 0 aromatic heterocycles. The summed E-state index contributed by atoms with van der Waals surface area (Å²) in [5.74, 6) is 0. The quantitative estimate of drug-likeness (QED) is 0.834.